The molecule has 0 aliphatic heterocycles. The summed E-state index contributed by atoms with van der Waals surface area (Å²) in [6.45, 7) is -0.508. The third kappa shape index (κ3) is 4.60. The molecule has 134 valence electrons. The number of aromatic hydroxyl groups is 1. The first-order valence-electron chi connectivity index (χ1n) is 8.19. The van der Waals surface area contributed by atoms with Crippen molar-refractivity contribution < 1.29 is 24.2 Å². The largest absolute Gasteiger partial charge is 0.507 e. The van der Waals surface area contributed by atoms with E-state index in [4.69, 9.17) is 4.74 Å². The first-order chi connectivity index (χ1) is 12.5. The van der Waals surface area contributed by atoms with Gasteiger partial charge in [0, 0.05) is 17.3 Å². The van der Waals surface area contributed by atoms with E-state index >= 15 is 0 Å². The molecule has 7 heteroatoms. The molecule has 7 nitrogen and oxygen atoms in total. The average molecular weight is 354 g/mol. The molecule has 1 saturated carbocycles. The Kier molecular flexibility index (Phi) is 5.17. The van der Waals surface area contributed by atoms with Gasteiger partial charge >= 0.3 is 5.97 Å². The van der Waals surface area contributed by atoms with Crippen molar-refractivity contribution >= 4 is 23.5 Å². The molecule has 0 saturated heterocycles. The highest BCUT2D eigenvalue weighted by Crippen LogP contribution is 2.20. The number of phenolic OH excluding ortho intramolecular Hbond substituents is 1. The lowest BCUT2D eigenvalue weighted by Crippen LogP contribution is -2.25. The summed E-state index contributed by atoms with van der Waals surface area (Å²) < 4.78 is 4.89. The zero-order valence-electron chi connectivity index (χ0n) is 13.9. The third-order valence-corrected chi connectivity index (χ3v) is 3.78. The van der Waals surface area contributed by atoms with E-state index in [2.05, 4.69) is 10.6 Å². The van der Waals surface area contributed by atoms with Gasteiger partial charge in [-0.3, -0.25) is 9.59 Å². The van der Waals surface area contributed by atoms with Crippen LogP contribution in [-0.4, -0.2) is 35.5 Å². The van der Waals surface area contributed by atoms with Gasteiger partial charge in [-0.2, -0.15) is 0 Å². The number of ether oxygens (including phenoxy) is 1. The number of carbonyl (C=O) groups excluding carboxylic acids is 3. The van der Waals surface area contributed by atoms with E-state index in [9.17, 15) is 19.5 Å². The molecule has 1 fully saturated rings. The molecule has 0 heterocycles. The van der Waals surface area contributed by atoms with Crippen LogP contribution in [-0.2, 0) is 9.53 Å². The van der Waals surface area contributed by atoms with E-state index in [1.54, 1.807) is 36.4 Å². The number of anilines is 1. The van der Waals surface area contributed by atoms with Crippen LogP contribution in [0.3, 0.4) is 0 Å². The molecule has 3 rings (SSSR count). The van der Waals surface area contributed by atoms with Crippen LogP contribution < -0.4 is 10.6 Å². The Labute approximate surface area is 150 Å². The zero-order chi connectivity index (χ0) is 18.5. The molecular formula is C19H18N2O5. The minimum Gasteiger partial charge on any atom is -0.507 e. The number of nitrogens with one attached hydrogen (secondary N) is 2. The quantitative estimate of drug-likeness (QED) is 0.689. The van der Waals surface area contributed by atoms with Crippen molar-refractivity contribution in [2.24, 2.45) is 0 Å². The summed E-state index contributed by atoms with van der Waals surface area (Å²) >= 11 is 0. The molecule has 2 aromatic rings. The second-order valence-electron chi connectivity index (χ2n) is 5.97. The molecule has 0 radical (unpaired) electrons. The minimum atomic E-state index is -0.796. The number of benzene rings is 2. The molecular weight excluding hydrogens is 336 g/mol. The zero-order valence-corrected chi connectivity index (χ0v) is 13.9. The van der Waals surface area contributed by atoms with Crippen LogP contribution in [0.5, 0.6) is 5.75 Å². The number of phenols is 1. The van der Waals surface area contributed by atoms with Gasteiger partial charge in [0.2, 0.25) is 0 Å². The molecule has 0 atom stereocenters. The highest BCUT2D eigenvalue weighted by molar-refractivity contribution is 5.99. The van der Waals surface area contributed by atoms with Crippen LogP contribution in [0.25, 0.3) is 0 Å². The lowest BCUT2D eigenvalue weighted by Gasteiger charge is -2.09. The normalized spacial score (nSPS) is 12.9. The molecule has 1 aliphatic rings. The van der Waals surface area contributed by atoms with Gasteiger partial charge in [0.05, 0.1) is 0 Å². The van der Waals surface area contributed by atoms with Crippen LogP contribution in [0.15, 0.2) is 48.5 Å². The molecule has 1 aliphatic carbocycles. The number of hydrogen-bond acceptors (Lipinski definition) is 5. The summed E-state index contributed by atoms with van der Waals surface area (Å²) in [7, 11) is 0. The van der Waals surface area contributed by atoms with Gasteiger partial charge in [-0.15, -0.1) is 0 Å². The van der Waals surface area contributed by atoms with Crippen LogP contribution >= 0.6 is 0 Å². The Hall–Kier alpha value is -3.35. The van der Waals surface area contributed by atoms with Gasteiger partial charge in [0.1, 0.15) is 11.3 Å². The fourth-order valence-electron chi connectivity index (χ4n) is 2.29. The maximum atomic E-state index is 12.0. The van der Waals surface area contributed by atoms with Crippen LogP contribution in [0.1, 0.15) is 33.6 Å². The van der Waals surface area contributed by atoms with E-state index < -0.39 is 18.5 Å². The smallest absolute Gasteiger partial charge is 0.342 e. The summed E-state index contributed by atoms with van der Waals surface area (Å²) in [5.74, 6) is -1.74. The first-order valence-corrected chi connectivity index (χ1v) is 8.19. The van der Waals surface area contributed by atoms with Crippen molar-refractivity contribution in [1.29, 1.82) is 0 Å². The highest BCUT2D eigenvalue weighted by atomic mass is 16.5. The molecule has 2 amide bonds. The monoisotopic (exact) mass is 354 g/mol. The van der Waals surface area contributed by atoms with Gasteiger partial charge in [-0.25, -0.2) is 4.79 Å². The third-order valence-electron chi connectivity index (χ3n) is 3.78. The average Bonchev–Trinajstić information content (AvgIpc) is 3.44. The maximum Gasteiger partial charge on any atom is 0.342 e. The van der Waals surface area contributed by atoms with E-state index in [0.29, 0.717) is 11.3 Å². The highest BCUT2D eigenvalue weighted by Gasteiger charge is 2.23. The Morgan fingerprint density at radius 2 is 1.85 bits per heavy atom. The number of para-hydroxylation sites is 1. The number of amides is 2. The summed E-state index contributed by atoms with van der Waals surface area (Å²) in [6.07, 6.45) is 1.98. The van der Waals surface area contributed by atoms with Crippen LogP contribution in [0.4, 0.5) is 5.69 Å². The van der Waals surface area contributed by atoms with E-state index in [-0.39, 0.29) is 23.3 Å². The standard InChI is InChI=1S/C19H18N2O5/c22-16-7-2-1-6-15(16)19(25)26-11-17(23)20-14-5-3-4-12(10-14)18(24)21-13-8-9-13/h1-7,10,13,22H,8-9,11H2,(H,20,23)(H,21,24). The Balaban J connectivity index is 1.54. The van der Waals surface area contributed by atoms with Crippen molar-refractivity contribution in [2.45, 2.75) is 18.9 Å². The van der Waals surface area contributed by atoms with Gasteiger partial charge in [-0.1, -0.05) is 18.2 Å². The Morgan fingerprint density at radius 1 is 1.08 bits per heavy atom. The predicted molar refractivity (Wildman–Crippen MR) is 93.9 cm³/mol. The second kappa shape index (κ2) is 7.69. The van der Waals surface area contributed by atoms with Crippen LogP contribution in [0.2, 0.25) is 0 Å². The predicted octanol–water partition coefficient (Wildman–Crippen LogP) is 2.08. The summed E-state index contributed by atoms with van der Waals surface area (Å²) in [6, 6.07) is 12.7. The maximum absolute atomic E-state index is 12.0. The van der Waals surface area contributed by atoms with Gasteiger partial charge in [0.15, 0.2) is 6.61 Å². The molecule has 0 aromatic heterocycles. The van der Waals surface area contributed by atoms with Crippen molar-refractivity contribution in [3.05, 3.63) is 59.7 Å². The first kappa shape index (κ1) is 17.5. The molecule has 3 N–H and O–H groups in total. The van der Waals surface area contributed by atoms with Crippen molar-refractivity contribution in [3.8, 4) is 5.75 Å². The number of esters is 1. The molecule has 2 aromatic carbocycles. The topological polar surface area (TPSA) is 105 Å². The van der Waals surface area contributed by atoms with Crippen LogP contribution in [0, 0.1) is 0 Å². The Morgan fingerprint density at radius 3 is 2.58 bits per heavy atom. The van der Waals surface area contributed by atoms with Gasteiger partial charge in [-0.05, 0) is 43.2 Å². The van der Waals surface area contributed by atoms with Gasteiger partial charge < -0.3 is 20.5 Å². The van der Waals surface area contributed by atoms with Gasteiger partial charge in [0.25, 0.3) is 11.8 Å². The van der Waals surface area contributed by atoms with E-state index in [0.717, 1.165) is 12.8 Å². The number of hydrogen-bond donors (Lipinski definition) is 3. The molecule has 0 spiro atoms. The minimum absolute atomic E-state index is 0.0148. The lowest BCUT2D eigenvalue weighted by molar-refractivity contribution is -0.119. The fraction of sp³-hybridized carbons (Fsp3) is 0.211. The SMILES string of the molecule is O=C(COC(=O)c1ccccc1O)Nc1cccc(C(=O)NC2CC2)c1. The van der Waals surface area contributed by atoms with E-state index in [1.807, 2.05) is 0 Å². The number of rotatable bonds is 6. The molecule has 0 unspecified atom stereocenters. The molecule has 26 heavy (non-hydrogen) atoms. The molecule has 0 bridgehead atoms. The number of carbonyl (C=O) groups is 3. The Bertz CT molecular complexity index is 845. The van der Waals surface area contributed by atoms with Crippen molar-refractivity contribution in [2.75, 3.05) is 11.9 Å². The van der Waals surface area contributed by atoms with E-state index in [1.165, 1.54) is 12.1 Å². The lowest BCUT2D eigenvalue weighted by atomic mass is 10.2. The van der Waals surface area contributed by atoms with Crippen molar-refractivity contribution in [3.63, 3.8) is 0 Å². The second-order valence-corrected chi connectivity index (χ2v) is 5.97. The fourth-order valence-corrected chi connectivity index (χ4v) is 2.29. The van der Waals surface area contributed by atoms with Crippen molar-refractivity contribution in [1.82, 2.24) is 5.32 Å². The summed E-state index contributed by atoms with van der Waals surface area (Å²) in [5.41, 5.74) is 0.858. The summed E-state index contributed by atoms with van der Waals surface area (Å²) in [4.78, 5) is 35.8. The summed E-state index contributed by atoms with van der Waals surface area (Å²) in [5, 5.41) is 15.0.